The SMILES string of the molecule is [C-]#[N+]c1ccc2c3c(C)c(C(=O)O)n2CCCOc2cc(cc4cc(F)ccc24)SCc2cc(nn2C)CSCc2nn(C)c(C)c2-c13. The van der Waals surface area contributed by atoms with Crippen molar-refractivity contribution in [3.8, 4) is 16.9 Å². The maximum Gasteiger partial charge on any atom is 0.352 e. The first kappa shape index (κ1) is 31.8. The highest BCUT2D eigenvalue weighted by Gasteiger charge is 2.27. The number of carbonyl (C=O) groups is 1. The topological polar surface area (TPSA) is 91.5 Å². The Kier molecular flexibility index (Phi) is 8.43. The molecule has 0 unspecified atom stereocenters. The average Bonchev–Trinajstić information content (AvgIpc) is 3.66. The molecule has 8 bridgehead atoms. The molecule has 0 saturated carbocycles. The van der Waals surface area contributed by atoms with Gasteiger partial charge in [0.2, 0.25) is 0 Å². The van der Waals surface area contributed by atoms with Gasteiger partial charge in [0.05, 0.1) is 24.6 Å². The highest BCUT2D eigenvalue weighted by Crippen LogP contribution is 2.44. The molecule has 1 aliphatic heterocycles. The van der Waals surface area contributed by atoms with Crippen molar-refractivity contribution in [1.82, 2.24) is 24.1 Å². The number of hydrogen-bond donors (Lipinski definition) is 1. The monoisotopic (exact) mass is 680 g/mol. The van der Waals surface area contributed by atoms with Crippen LogP contribution in [-0.4, -0.2) is 41.8 Å². The Hall–Kier alpha value is -4.73. The van der Waals surface area contributed by atoms with E-state index in [-0.39, 0.29) is 11.5 Å². The molecule has 4 heterocycles. The molecule has 0 atom stereocenters. The molecule has 244 valence electrons. The third kappa shape index (κ3) is 5.61. The van der Waals surface area contributed by atoms with Crippen LogP contribution >= 0.6 is 23.5 Å². The molecular formula is C36H33FN6O3S2. The summed E-state index contributed by atoms with van der Waals surface area (Å²) in [4.78, 5) is 17.6. The number of rotatable bonds is 1. The highest BCUT2D eigenvalue weighted by atomic mass is 32.2. The summed E-state index contributed by atoms with van der Waals surface area (Å²) in [5, 5.41) is 22.4. The molecule has 0 radical (unpaired) electrons. The van der Waals surface area contributed by atoms with Crippen LogP contribution in [0, 0.1) is 26.2 Å². The third-order valence-corrected chi connectivity index (χ3v) is 11.0. The first-order valence-corrected chi connectivity index (χ1v) is 17.7. The molecule has 0 aliphatic carbocycles. The molecule has 0 spiro atoms. The lowest BCUT2D eigenvalue weighted by molar-refractivity contribution is 0.0684. The second kappa shape index (κ2) is 12.7. The van der Waals surface area contributed by atoms with E-state index in [1.54, 1.807) is 35.7 Å². The van der Waals surface area contributed by atoms with Crippen LogP contribution < -0.4 is 4.74 Å². The fourth-order valence-electron chi connectivity index (χ4n) is 6.66. The number of carboxylic acids is 1. The molecule has 3 aromatic carbocycles. The zero-order valence-electron chi connectivity index (χ0n) is 27.0. The van der Waals surface area contributed by atoms with E-state index in [9.17, 15) is 14.3 Å². The second-order valence-corrected chi connectivity index (χ2v) is 14.0. The van der Waals surface area contributed by atoms with E-state index < -0.39 is 5.97 Å². The summed E-state index contributed by atoms with van der Waals surface area (Å²) < 4.78 is 26.2. The summed E-state index contributed by atoms with van der Waals surface area (Å²) in [5.41, 5.74) is 7.37. The Balaban J connectivity index is 1.38. The van der Waals surface area contributed by atoms with Gasteiger partial charge in [0.15, 0.2) is 5.69 Å². The highest BCUT2D eigenvalue weighted by molar-refractivity contribution is 7.98. The molecule has 1 N–H and O–H groups in total. The van der Waals surface area contributed by atoms with Gasteiger partial charge in [-0.15, -0.1) is 23.5 Å². The molecule has 12 heteroatoms. The van der Waals surface area contributed by atoms with E-state index >= 15 is 0 Å². The van der Waals surface area contributed by atoms with Crippen LogP contribution in [0.3, 0.4) is 0 Å². The first-order chi connectivity index (χ1) is 23.1. The third-order valence-electron chi connectivity index (χ3n) is 8.97. The first-order valence-electron chi connectivity index (χ1n) is 15.5. The van der Waals surface area contributed by atoms with Gasteiger partial charge in [0, 0.05) is 81.6 Å². The lowest BCUT2D eigenvalue weighted by atomic mass is 9.95. The maximum absolute atomic E-state index is 14.3. The number of benzene rings is 3. The minimum atomic E-state index is -1.03. The van der Waals surface area contributed by atoms with Gasteiger partial charge in [0.25, 0.3) is 0 Å². The number of halogens is 1. The molecule has 1 aliphatic rings. The van der Waals surface area contributed by atoms with Crippen molar-refractivity contribution >= 4 is 56.9 Å². The Bertz CT molecular complexity index is 2300. The van der Waals surface area contributed by atoms with Gasteiger partial charge >= 0.3 is 5.97 Å². The molecule has 6 aromatic rings. The number of ether oxygens (including phenoxy) is 1. The zero-order chi connectivity index (χ0) is 33.7. The summed E-state index contributed by atoms with van der Waals surface area (Å²) in [6, 6.07) is 14.4. The van der Waals surface area contributed by atoms with Gasteiger partial charge in [-0.05, 0) is 73.7 Å². The van der Waals surface area contributed by atoms with E-state index in [0.717, 1.165) is 60.5 Å². The van der Waals surface area contributed by atoms with Crippen molar-refractivity contribution < 1.29 is 19.0 Å². The molecule has 3 aromatic heterocycles. The number of fused-ring (bicyclic) bond motifs is 8. The summed E-state index contributed by atoms with van der Waals surface area (Å²) in [5.74, 6) is 1.24. The van der Waals surface area contributed by atoms with Crippen LogP contribution in [0.25, 0.3) is 37.6 Å². The fraction of sp³-hybridized carbons (Fsp3) is 0.278. The van der Waals surface area contributed by atoms with Crippen LogP contribution in [0.5, 0.6) is 5.75 Å². The number of thioether (sulfide) groups is 2. The van der Waals surface area contributed by atoms with E-state index in [1.165, 1.54) is 12.1 Å². The second-order valence-electron chi connectivity index (χ2n) is 11.9. The van der Waals surface area contributed by atoms with Gasteiger partial charge in [0.1, 0.15) is 17.3 Å². The number of hydrogen-bond acceptors (Lipinski definition) is 6. The van der Waals surface area contributed by atoms with Gasteiger partial charge in [-0.25, -0.2) is 14.0 Å². The molecule has 9 nitrogen and oxygen atoms in total. The van der Waals surface area contributed by atoms with Crippen molar-refractivity contribution in [2.75, 3.05) is 6.61 Å². The fourth-order valence-corrected chi connectivity index (χ4v) is 8.49. The van der Waals surface area contributed by atoms with Gasteiger partial charge in [-0.1, -0.05) is 6.07 Å². The van der Waals surface area contributed by atoms with Crippen LogP contribution in [0.15, 0.2) is 53.4 Å². The average molecular weight is 681 g/mol. The van der Waals surface area contributed by atoms with E-state index in [2.05, 4.69) is 10.9 Å². The Morgan fingerprint density at radius 3 is 2.65 bits per heavy atom. The number of nitrogens with zero attached hydrogens (tertiary/aromatic N) is 6. The summed E-state index contributed by atoms with van der Waals surface area (Å²) in [6.07, 6.45) is 0.523. The quantitative estimate of drug-likeness (QED) is 0.174. The van der Waals surface area contributed by atoms with E-state index in [1.807, 2.05) is 60.1 Å². The largest absolute Gasteiger partial charge is 0.493 e. The van der Waals surface area contributed by atoms with Crippen molar-refractivity contribution in [1.29, 1.82) is 0 Å². The summed E-state index contributed by atoms with van der Waals surface area (Å²) in [6.45, 7) is 12.6. The number of aromatic carboxylic acids is 1. The standard InChI is InChI=1S/C36H33FN6O3S2/c1-20-32-30-10-9-28(38-3)34(32)33-21(2)41(4)40-29(33)19-47-17-24-15-25(42(5)39-24)18-48-26-14-22-13-23(37)7-8-27(22)31(16-26)46-12-6-11-43(30)35(20)36(44)45/h7-10,13-16H,6,11-12,17-19H2,1-2,4-5H3,(H,44,45). The molecular weight excluding hydrogens is 648 g/mol. The minimum Gasteiger partial charge on any atom is -0.493 e. The summed E-state index contributed by atoms with van der Waals surface area (Å²) >= 11 is 3.34. The molecule has 7 rings (SSSR count). The van der Waals surface area contributed by atoms with Crippen LogP contribution in [0.4, 0.5) is 10.1 Å². The van der Waals surface area contributed by atoms with Gasteiger partial charge < -0.3 is 14.4 Å². The van der Waals surface area contributed by atoms with Crippen LogP contribution in [0.2, 0.25) is 0 Å². The maximum atomic E-state index is 14.3. The summed E-state index contributed by atoms with van der Waals surface area (Å²) in [7, 11) is 3.84. The number of aryl methyl sites for hydroxylation is 4. The van der Waals surface area contributed by atoms with Gasteiger partial charge in [-0.2, -0.15) is 10.2 Å². The van der Waals surface area contributed by atoms with Crippen molar-refractivity contribution in [3.63, 3.8) is 0 Å². The van der Waals surface area contributed by atoms with Crippen LogP contribution in [-0.2, 0) is 37.9 Å². The number of aromatic nitrogens is 5. The molecule has 0 saturated heterocycles. The lowest BCUT2D eigenvalue weighted by Crippen LogP contribution is -2.12. The van der Waals surface area contributed by atoms with E-state index in [0.29, 0.717) is 53.8 Å². The molecule has 48 heavy (non-hydrogen) atoms. The van der Waals surface area contributed by atoms with Crippen molar-refractivity contribution in [3.05, 3.63) is 99.8 Å². The van der Waals surface area contributed by atoms with Crippen molar-refractivity contribution in [2.45, 2.75) is 49.0 Å². The van der Waals surface area contributed by atoms with Crippen molar-refractivity contribution in [2.24, 2.45) is 14.1 Å². The molecule has 0 amide bonds. The Labute approximate surface area is 285 Å². The normalized spacial score (nSPS) is 14.0. The lowest BCUT2D eigenvalue weighted by Gasteiger charge is -2.14. The Morgan fingerprint density at radius 1 is 1.02 bits per heavy atom. The predicted molar refractivity (Wildman–Crippen MR) is 189 cm³/mol. The minimum absolute atomic E-state index is 0.193. The Morgan fingerprint density at radius 2 is 1.85 bits per heavy atom. The zero-order valence-corrected chi connectivity index (χ0v) is 28.6. The van der Waals surface area contributed by atoms with Crippen LogP contribution in [0.1, 0.15) is 45.2 Å². The molecule has 0 fully saturated rings. The smallest absolute Gasteiger partial charge is 0.352 e. The van der Waals surface area contributed by atoms with E-state index in [4.69, 9.17) is 21.5 Å². The number of carboxylic acid groups (broad SMARTS) is 1. The predicted octanol–water partition coefficient (Wildman–Crippen LogP) is 8.44. The van der Waals surface area contributed by atoms with Gasteiger partial charge in [-0.3, -0.25) is 9.36 Å².